The molecule has 5 nitrogen and oxygen atoms in total. The largest absolute Gasteiger partial charge is 0.459 e. The van der Waals surface area contributed by atoms with E-state index in [1.54, 1.807) is 0 Å². The van der Waals surface area contributed by atoms with E-state index in [4.69, 9.17) is 9.47 Å². The van der Waals surface area contributed by atoms with Crippen LogP contribution < -0.4 is 5.32 Å². The molecule has 1 aromatic rings. The number of nitrogens with one attached hydrogen (secondary N) is 1. The molecule has 2 N–H and O–H groups in total. The molecule has 0 radical (unpaired) electrons. The molecule has 0 saturated heterocycles. The molecule has 1 aromatic carbocycles. The number of hydrogen-bond donors (Lipinski definition) is 2. The fraction of sp³-hybridized carbons (Fsp3) is 0.591. The Morgan fingerprint density at radius 2 is 2.07 bits per heavy atom. The lowest BCUT2D eigenvalue weighted by molar-refractivity contribution is -0.178. The second-order valence-electron chi connectivity index (χ2n) is 7.44. The van der Waals surface area contributed by atoms with Crippen LogP contribution in [0.1, 0.15) is 44.6 Å². The number of hydrogen-bond acceptors (Lipinski definition) is 4. The fourth-order valence-corrected chi connectivity index (χ4v) is 4.01. The first-order chi connectivity index (χ1) is 13.2. The van der Waals surface area contributed by atoms with Crippen molar-refractivity contribution in [1.29, 1.82) is 0 Å². The maximum atomic E-state index is 12.7. The standard InChI is InChI=1S/C22H31NO4/c1-2-26-22-18(12-7-13-24)19(17-10-6-11-17)14-20(27-22)21(25)23-15-16-8-4-3-5-9-16/h3-5,8-9,14,17-19,22,24H,2,6-7,10-13,15H2,1H3,(H,23,25)/t18-,19+,22+/m1/s1. The monoisotopic (exact) mass is 373 g/mol. The summed E-state index contributed by atoms with van der Waals surface area (Å²) in [6, 6.07) is 9.85. The van der Waals surface area contributed by atoms with Crippen LogP contribution in [-0.2, 0) is 20.8 Å². The maximum absolute atomic E-state index is 12.7. The highest BCUT2D eigenvalue weighted by atomic mass is 16.7. The van der Waals surface area contributed by atoms with E-state index in [1.165, 1.54) is 19.3 Å². The van der Waals surface area contributed by atoms with Gasteiger partial charge >= 0.3 is 0 Å². The minimum Gasteiger partial charge on any atom is -0.459 e. The van der Waals surface area contributed by atoms with Crippen LogP contribution in [0.2, 0.25) is 0 Å². The summed E-state index contributed by atoms with van der Waals surface area (Å²) in [4.78, 5) is 12.7. The highest BCUT2D eigenvalue weighted by molar-refractivity contribution is 5.91. The van der Waals surface area contributed by atoms with Gasteiger partial charge in [-0.15, -0.1) is 0 Å². The molecule has 1 fully saturated rings. The molecule has 2 aliphatic rings. The van der Waals surface area contributed by atoms with Crippen LogP contribution in [0.5, 0.6) is 0 Å². The molecule has 1 aliphatic carbocycles. The highest BCUT2D eigenvalue weighted by Crippen LogP contribution is 2.44. The van der Waals surface area contributed by atoms with Crippen LogP contribution in [0.4, 0.5) is 0 Å². The first-order valence-corrected chi connectivity index (χ1v) is 10.2. The van der Waals surface area contributed by atoms with Crippen molar-refractivity contribution < 1.29 is 19.4 Å². The van der Waals surface area contributed by atoms with E-state index in [1.807, 2.05) is 43.3 Å². The molecule has 1 heterocycles. The van der Waals surface area contributed by atoms with Gasteiger partial charge in [0.05, 0.1) is 0 Å². The predicted molar refractivity (Wildman–Crippen MR) is 104 cm³/mol. The minimum absolute atomic E-state index is 0.168. The summed E-state index contributed by atoms with van der Waals surface area (Å²) in [5.74, 6) is 1.23. The first kappa shape index (κ1) is 19.9. The van der Waals surface area contributed by atoms with E-state index >= 15 is 0 Å². The van der Waals surface area contributed by atoms with E-state index in [0.29, 0.717) is 24.8 Å². The zero-order valence-electron chi connectivity index (χ0n) is 16.1. The number of rotatable bonds is 9. The van der Waals surface area contributed by atoms with Gasteiger partial charge in [-0.25, -0.2) is 0 Å². The van der Waals surface area contributed by atoms with Gasteiger partial charge in [-0.3, -0.25) is 4.79 Å². The van der Waals surface area contributed by atoms with Gasteiger partial charge in [-0.1, -0.05) is 36.8 Å². The molecule has 1 amide bonds. The topological polar surface area (TPSA) is 67.8 Å². The van der Waals surface area contributed by atoms with E-state index < -0.39 is 6.29 Å². The molecule has 27 heavy (non-hydrogen) atoms. The number of amides is 1. The van der Waals surface area contributed by atoms with Crippen LogP contribution in [0.3, 0.4) is 0 Å². The van der Waals surface area contributed by atoms with Crippen LogP contribution in [-0.4, -0.2) is 30.5 Å². The Bertz CT molecular complexity index is 626. The van der Waals surface area contributed by atoms with Crippen LogP contribution in [0, 0.1) is 17.8 Å². The normalized spacial score (nSPS) is 25.3. The Kier molecular flexibility index (Phi) is 7.30. The molecule has 1 aliphatic heterocycles. The Morgan fingerprint density at radius 1 is 1.30 bits per heavy atom. The maximum Gasteiger partial charge on any atom is 0.286 e. The number of carbonyl (C=O) groups excluding carboxylic acids is 1. The van der Waals surface area contributed by atoms with Gasteiger partial charge in [0.15, 0.2) is 5.76 Å². The third-order valence-corrected chi connectivity index (χ3v) is 5.67. The Morgan fingerprint density at radius 3 is 2.70 bits per heavy atom. The lowest BCUT2D eigenvalue weighted by Gasteiger charge is -2.43. The second kappa shape index (κ2) is 9.90. The lowest BCUT2D eigenvalue weighted by Crippen LogP contribution is -2.43. The molecule has 148 valence electrons. The summed E-state index contributed by atoms with van der Waals surface area (Å²) >= 11 is 0. The Balaban J connectivity index is 1.72. The number of allylic oxidation sites excluding steroid dienone is 1. The summed E-state index contributed by atoms with van der Waals surface area (Å²) in [5, 5.41) is 12.2. The molecule has 3 rings (SSSR count). The third kappa shape index (κ3) is 5.11. The van der Waals surface area contributed by atoms with Gasteiger partial charge in [0.25, 0.3) is 5.91 Å². The molecule has 5 heteroatoms. The van der Waals surface area contributed by atoms with Gasteiger partial charge in [0.1, 0.15) is 0 Å². The van der Waals surface area contributed by atoms with Crippen molar-refractivity contribution in [3.8, 4) is 0 Å². The zero-order valence-corrected chi connectivity index (χ0v) is 16.1. The predicted octanol–water partition coefficient (Wildman–Crippen LogP) is 3.38. The molecule has 0 aromatic heterocycles. The number of aliphatic hydroxyl groups is 1. The number of ether oxygens (including phenoxy) is 2. The molecule has 1 saturated carbocycles. The van der Waals surface area contributed by atoms with E-state index in [-0.39, 0.29) is 24.3 Å². The average Bonchev–Trinajstić information content (AvgIpc) is 2.65. The molecule has 0 unspecified atom stereocenters. The summed E-state index contributed by atoms with van der Waals surface area (Å²) in [5.41, 5.74) is 1.06. The zero-order chi connectivity index (χ0) is 19.1. The van der Waals surface area contributed by atoms with Crippen molar-refractivity contribution in [2.75, 3.05) is 13.2 Å². The van der Waals surface area contributed by atoms with Crippen molar-refractivity contribution >= 4 is 5.91 Å². The van der Waals surface area contributed by atoms with E-state index in [9.17, 15) is 9.90 Å². The quantitative estimate of drug-likeness (QED) is 0.696. The minimum atomic E-state index is -0.422. The summed E-state index contributed by atoms with van der Waals surface area (Å²) < 4.78 is 11.8. The van der Waals surface area contributed by atoms with Gasteiger partial charge in [0.2, 0.25) is 6.29 Å². The Labute approximate surface area is 161 Å². The number of carbonyl (C=O) groups is 1. The van der Waals surface area contributed by atoms with Crippen molar-refractivity contribution in [1.82, 2.24) is 5.32 Å². The van der Waals surface area contributed by atoms with Gasteiger partial charge in [0, 0.05) is 25.7 Å². The average molecular weight is 373 g/mol. The summed E-state index contributed by atoms with van der Waals surface area (Å²) in [7, 11) is 0. The van der Waals surface area contributed by atoms with Crippen molar-refractivity contribution in [3.05, 3.63) is 47.7 Å². The van der Waals surface area contributed by atoms with Gasteiger partial charge < -0.3 is 19.9 Å². The number of benzene rings is 1. The van der Waals surface area contributed by atoms with Crippen LogP contribution in [0.25, 0.3) is 0 Å². The van der Waals surface area contributed by atoms with E-state index in [2.05, 4.69) is 5.32 Å². The Hall–Kier alpha value is -1.85. The molecule has 0 bridgehead atoms. The van der Waals surface area contributed by atoms with Crippen molar-refractivity contribution in [2.24, 2.45) is 17.8 Å². The lowest BCUT2D eigenvalue weighted by atomic mass is 9.68. The SMILES string of the molecule is CCO[C@H]1OC(C(=O)NCc2ccccc2)=C[C@@H](C2CCC2)[C@H]1CCCO. The van der Waals surface area contributed by atoms with Crippen LogP contribution >= 0.6 is 0 Å². The molecular weight excluding hydrogens is 342 g/mol. The smallest absolute Gasteiger partial charge is 0.286 e. The van der Waals surface area contributed by atoms with Crippen LogP contribution in [0.15, 0.2) is 42.2 Å². The van der Waals surface area contributed by atoms with Crippen molar-refractivity contribution in [2.45, 2.75) is 51.9 Å². The molecule has 0 spiro atoms. The molecule has 3 atom stereocenters. The number of aliphatic hydroxyl groups excluding tert-OH is 1. The van der Waals surface area contributed by atoms with E-state index in [0.717, 1.165) is 18.4 Å². The summed E-state index contributed by atoms with van der Waals surface area (Å²) in [6.45, 7) is 3.12. The summed E-state index contributed by atoms with van der Waals surface area (Å²) in [6.07, 6.45) is 6.79. The second-order valence-corrected chi connectivity index (χ2v) is 7.44. The van der Waals surface area contributed by atoms with Gasteiger partial charge in [-0.05, 0) is 56.1 Å². The highest BCUT2D eigenvalue weighted by Gasteiger charge is 2.42. The van der Waals surface area contributed by atoms with Gasteiger partial charge in [-0.2, -0.15) is 0 Å². The first-order valence-electron chi connectivity index (χ1n) is 10.2. The third-order valence-electron chi connectivity index (χ3n) is 5.67. The molecular formula is C22H31NO4. The fourth-order valence-electron chi connectivity index (χ4n) is 4.01. The van der Waals surface area contributed by atoms with Crippen molar-refractivity contribution in [3.63, 3.8) is 0 Å².